The summed E-state index contributed by atoms with van der Waals surface area (Å²) in [6, 6.07) is 6.71. The van der Waals surface area contributed by atoms with Gasteiger partial charge in [-0.25, -0.2) is 28.1 Å². The second-order valence-electron chi connectivity index (χ2n) is 8.82. The number of rotatable bonds is 8. The first kappa shape index (κ1) is 27.2. The maximum absolute atomic E-state index is 15.3. The molecule has 1 aliphatic heterocycles. The molecule has 1 aliphatic rings. The highest BCUT2D eigenvalue weighted by atomic mass is 19.4. The van der Waals surface area contributed by atoms with Gasteiger partial charge in [-0.15, -0.1) is 0 Å². The summed E-state index contributed by atoms with van der Waals surface area (Å²) in [4.78, 5) is 13.8. The number of hydrogen-bond acceptors (Lipinski definition) is 6. The molecule has 1 unspecified atom stereocenters. The number of piperidine rings is 1. The van der Waals surface area contributed by atoms with Crippen LogP contribution in [0, 0.1) is 18.6 Å². The number of benzene rings is 1. The number of alkyl halides is 4. The van der Waals surface area contributed by atoms with E-state index in [2.05, 4.69) is 26.8 Å². The van der Waals surface area contributed by atoms with E-state index in [0.29, 0.717) is 43.3 Å². The summed E-state index contributed by atoms with van der Waals surface area (Å²) in [7, 11) is 0. The highest BCUT2D eigenvalue weighted by Gasteiger charge is 2.33. The van der Waals surface area contributed by atoms with Crippen LogP contribution in [-0.4, -0.2) is 39.5 Å². The minimum atomic E-state index is -4.65. The molecule has 202 valence electrons. The van der Waals surface area contributed by atoms with Crippen molar-refractivity contribution in [2.75, 3.05) is 25.0 Å². The topological polar surface area (TPSA) is 63.2 Å². The van der Waals surface area contributed by atoms with Crippen LogP contribution in [0.15, 0.2) is 55.0 Å². The summed E-state index contributed by atoms with van der Waals surface area (Å²) in [6.07, 6.45) is -3.90. The SMILES string of the molecule is C=C(Nc1c(F)cccc1F)N1CCC(c2nc(C)ncc2C(F)COc2cccc(C(F)(F)F)n2)CC1. The zero-order valence-electron chi connectivity index (χ0n) is 20.4. The second kappa shape index (κ2) is 11.3. The molecule has 1 N–H and O–H groups in total. The van der Waals surface area contributed by atoms with E-state index in [-0.39, 0.29) is 23.0 Å². The highest BCUT2D eigenvalue weighted by Crippen LogP contribution is 2.34. The summed E-state index contributed by atoms with van der Waals surface area (Å²) >= 11 is 0. The Morgan fingerprint density at radius 3 is 2.42 bits per heavy atom. The molecule has 12 heteroatoms. The molecule has 1 saturated heterocycles. The van der Waals surface area contributed by atoms with Crippen LogP contribution in [0.1, 0.15) is 47.7 Å². The molecule has 0 saturated carbocycles. The number of halogens is 6. The van der Waals surface area contributed by atoms with Crippen LogP contribution in [0.5, 0.6) is 5.88 Å². The number of anilines is 1. The number of aryl methyl sites for hydroxylation is 1. The van der Waals surface area contributed by atoms with Crippen molar-refractivity contribution in [1.82, 2.24) is 19.9 Å². The van der Waals surface area contributed by atoms with Crippen molar-refractivity contribution in [2.24, 2.45) is 0 Å². The lowest BCUT2D eigenvalue weighted by Crippen LogP contribution is -2.35. The summed E-state index contributed by atoms with van der Waals surface area (Å²) in [5.74, 6) is -1.19. The number of para-hydroxylation sites is 1. The fourth-order valence-electron chi connectivity index (χ4n) is 4.23. The molecule has 6 nitrogen and oxygen atoms in total. The largest absolute Gasteiger partial charge is 0.474 e. The third kappa shape index (κ3) is 6.35. The lowest BCUT2D eigenvalue weighted by molar-refractivity contribution is -0.141. The molecule has 3 heterocycles. The Morgan fingerprint density at radius 1 is 1.11 bits per heavy atom. The fourth-order valence-corrected chi connectivity index (χ4v) is 4.23. The third-order valence-electron chi connectivity index (χ3n) is 6.19. The maximum Gasteiger partial charge on any atom is 0.433 e. The van der Waals surface area contributed by atoms with E-state index in [1.807, 2.05) is 4.90 Å². The Labute approximate surface area is 215 Å². The average molecular weight is 538 g/mol. The Morgan fingerprint density at radius 2 is 1.76 bits per heavy atom. The average Bonchev–Trinajstić information content (AvgIpc) is 2.89. The molecule has 1 fully saturated rings. The molecule has 0 spiro atoms. The van der Waals surface area contributed by atoms with Crippen molar-refractivity contribution in [3.63, 3.8) is 0 Å². The number of likely N-dealkylation sites (tertiary alicyclic amines) is 1. The molecule has 0 amide bonds. The standard InChI is InChI=1S/C26H25F6N5O/c1-15-33-13-18(21(29)14-38-23-8-4-7-22(36-23)26(30,31)32)24(34-15)17-9-11-37(12-10-17)16(2)35-25-19(27)5-3-6-20(25)28/h3-8,13,17,21,35H,2,9-12,14H2,1H3. The number of nitrogens with zero attached hydrogens (tertiary/aromatic N) is 4. The highest BCUT2D eigenvalue weighted by molar-refractivity contribution is 5.50. The fraction of sp³-hybridized carbons (Fsp3) is 0.346. The van der Waals surface area contributed by atoms with Crippen molar-refractivity contribution in [3.05, 3.63) is 89.4 Å². The molecule has 2 aromatic heterocycles. The first-order valence-corrected chi connectivity index (χ1v) is 11.8. The maximum atomic E-state index is 15.3. The van der Waals surface area contributed by atoms with E-state index in [9.17, 15) is 22.0 Å². The van der Waals surface area contributed by atoms with Gasteiger partial charge in [0, 0.05) is 36.8 Å². The Kier molecular flexibility index (Phi) is 8.08. The molecule has 4 rings (SSSR count). The molecular weight excluding hydrogens is 512 g/mol. The number of nitrogens with one attached hydrogen (secondary N) is 1. The van der Waals surface area contributed by atoms with Crippen molar-refractivity contribution < 1.29 is 31.1 Å². The van der Waals surface area contributed by atoms with Gasteiger partial charge in [-0.3, -0.25) is 0 Å². The van der Waals surface area contributed by atoms with Gasteiger partial charge in [-0.2, -0.15) is 13.2 Å². The number of pyridine rings is 1. The van der Waals surface area contributed by atoms with E-state index in [1.54, 1.807) is 6.92 Å². The molecule has 0 aliphatic carbocycles. The van der Waals surface area contributed by atoms with Gasteiger partial charge in [-0.05, 0) is 38.0 Å². The minimum absolute atomic E-state index is 0.147. The Balaban J connectivity index is 1.41. The van der Waals surface area contributed by atoms with E-state index in [0.717, 1.165) is 24.3 Å². The van der Waals surface area contributed by atoms with E-state index < -0.39 is 36.3 Å². The van der Waals surface area contributed by atoms with Gasteiger partial charge in [0.05, 0.1) is 11.5 Å². The van der Waals surface area contributed by atoms with E-state index >= 15 is 4.39 Å². The number of hydrogen-bond donors (Lipinski definition) is 1. The molecule has 3 aromatic rings. The zero-order chi connectivity index (χ0) is 27.4. The predicted molar refractivity (Wildman–Crippen MR) is 128 cm³/mol. The number of ether oxygens (including phenoxy) is 1. The second-order valence-corrected chi connectivity index (χ2v) is 8.82. The van der Waals surface area contributed by atoms with Gasteiger partial charge < -0.3 is 15.0 Å². The van der Waals surface area contributed by atoms with Gasteiger partial charge in [0.1, 0.15) is 35.4 Å². The molecular formula is C26H25F6N5O. The van der Waals surface area contributed by atoms with Crippen LogP contribution in [0.3, 0.4) is 0 Å². The Hall–Kier alpha value is -3.83. The van der Waals surface area contributed by atoms with Crippen LogP contribution in [-0.2, 0) is 6.18 Å². The molecule has 38 heavy (non-hydrogen) atoms. The van der Waals surface area contributed by atoms with E-state index in [4.69, 9.17) is 4.74 Å². The van der Waals surface area contributed by atoms with Crippen molar-refractivity contribution >= 4 is 5.69 Å². The lowest BCUT2D eigenvalue weighted by atomic mass is 9.89. The summed E-state index contributed by atoms with van der Waals surface area (Å²) in [5, 5.41) is 2.69. The quantitative estimate of drug-likeness (QED) is 0.339. The van der Waals surface area contributed by atoms with Crippen molar-refractivity contribution in [3.8, 4) is 5.88 Å². The van der Waals surface area contributed by atoms with Crippen LogP contribution < -0.4 is 10.1 Å². The van der Waals surface area contributed by atoms with Crippen LogP contribution >= 0.6 is 0 Å². The predicted octanol–water partition coefficient (Wildman–Crippen LogP) is 6.33. The van der Waals surface area contributed by atoms with Crippen LogP contribution in [0.25, 0.3) is 0 Å². The van der Waals surface area contributed by atoms with Gasteiger partial charge in [0.25, 0.3) is 0 Å². The summed E-state index contributed by atoms with van der Waals surface area (Å²) < 4.78 is 87.1. The molecule has 1 aromatic carbocycles. The third-order valence-corrected chi connectivity index (χ3v) is 6.19. The van der Waals surface area contributed by atoms with Gasteiger partial charge in [0.15, 0.2) is 6.17 Å². The van der Waals surface area contributed by atoms with Gasteiger partial charge >= 0.3 is 6.18 Å². The first-order valence-electron chi connectivity index (χ1n) is 11.8. The van der Waals surface area contributed by atoms with Gasteiger partial charge in [-0.1, -0.05) is 18.7 Å². The first-order chi connectivity index (χ1) is 18.0. The van der Waals surface area contributed by atoms with E-state index in [1.165, 1.54) is 18.3 Å². The summed E-state index contributed by atoms with van der Waals surface area (Å²) in [6.45, 7) is 5.93. The lowest BCUT2D eigenvalue weighted by Gasteiger charge is -2.35. The monoisotopic (exact) mass is 537 g/mol. The van der Waals surface area contributed by atoms with Gasteiger partial charge in [0.2, 0.25) is 5.88 Å². The Bertz CT molecular complexity index is 1270. The molecule has 0 radical (unpaired) electrons. The van der Waals surface area contributed by atoms with Crippen molar-refractivity contribution in [2.45, 2.75) is 38.0 Å². The molecule has 1 atom stereocenters. The normalized spacial score (nSPS) is 15.3. The zero-order valence-corrected chi connectivity index (χ0v) is 20.4. The van der Waals surface area contributed by atoms with Crippen LogP contribution in [0.2, 0.25) is 0 Å². The van der Waals surface area contributed by atoms with Crippen molar-refractivity contribution in [1.29, 1.82) is 0 Å². The number of aromatic nitrogens is 3. The molecule has 0 bridgehead atoms. The smallest absolute Gasteiger partial charge is 0.433 e. The minimum Gasteiger partial charge on any atom is -0.474 e. The van der Waals surface area contributed by atoms with Crippen LogP contribution in [0.4, 0.5) is 32.0 Å². The summed E-state index contributed by atoms with van der Waals surface area (Å²) in [5.41, 5.74) is -0.746.